The maximum atomic E-state index is 12.1. The number of aromatic nitrogens is 1. The summed E-state index contributed by atoms with van der Waals surface area (Å²) in [6, 6.07) is 6.93. The Kier molecular flexibility index (Phi) is 5.51. The van der Waals surface area contributed by atoms with Gasteiger partial charge in [-0.05, 0) is 19.1 Å². The first kappa shape index (κ1) is 16.5. The van der Waals surface area contributed by atoms with Gasteiger partial charge in [-0.1, -0.05) is 23.7 Å². The standard InChI is InChI=1S/C15H15ClN2O3S/c1-9(7-13(19)21-2)17-14(20)12-8-22-15(18-12)10-3-5-11(16)6-4-10/h3-6,8-9H,7H2,1-2H3,(H,17,20). The van der Waals surface area contributed by atoms with E-state index in [1.807, 2.05) is 12.1 Å². The molecule has 1 atom stereocenters. The average Bonchev–Trinajstić information content (AvgIpc) is 2.97. The second-order valence-electron chi connectivity index (χ2n) is 4.70. The lowest BCUT2D eigenvalue weighted by Crippen LogP contribution is -2.34. The molecular formula is C15H15ClN2O3S. The molecular weight excluding hydrogens is 324 g/mol. The van der Waals surface area contributed by atoms with Crippen LogP contribution in [0.15, 0.2) is 29.6 Å². The normalized spacial score (nSPS) is 11.8. The summed E-state index contributed by atoms with van der Waals surface area (Å²) >= 11 is 7.22. The van der Waals surface area contributed by atoms with E-state index in [2.05, 4.69) is 15.0 Å². The maximum absolute atomic E-state index is 12.1. The van der Waals surface area contributed by atoms with Crippen molar-refractivity contribution in [2.24, 2.45) is 0 Å². The molecule has 0 aliphatic heterocycles. The molecule has 7 heteroatoms. The van der Waals surface area contributed by atoms with E-state index in [4.69, 9.17) is 11.6 Å². The van der Waals surface area contributed by atoms with Crippen molar-refractivity contribution in [1.82, 2.24) is 10.3 Å². The van der Waals surface area contributed by atoms with Gasteiger partial charge in [0.2, 0.25) is 0 Å². The van der Waals surface area contributed by atoms with Crippen LogP contribution in [0.1, 0.15) is 23.8 Å². The van der Waals surface area contributed by atoms with E-state index in [0.29, 0.717) is 10.7 Å². The van der Waals surface area contributed by atoms with Gasteiger partial charge in [-0.2, -0.15) is 0 Å². The summed E-state index contributed by atoms with van der Waals surface area (Å²) in [7, 11) is 1.32. The first-order chi connectivity index (χ1) is 10.5. The van der Waals surface area contributed by atoms with E-state index in [1.165, 1.54) is 18.4 Å². The second-order valence-corrected chi connectivity index (χ2v) is 5.99. The second kappa shape index (κ2) is 7.38. The minimum Gasteiger partial charge on any atom is -0.469 e. The zero-order valence-corrected chi connectivity index (χ0v) is 13.7. The van der Waals surface area contributed by atoms with E-state index in [0.717, 1.165) is 10.6 Å². The van der Waals surface area contributed by atoms with Gasteiger partial charge in [0.15, 0.2) is 0 Å². The molecule has 1 aromatic heterocycles. The van der Waals surface area contributed by atoms with Crippen molar-refractivity contribution in [2.45, 2.75) is 19.4 Å². The van der Waals surface area contributed by atoms with Crippen LogP contribution in [-0.2, 0) is 9.53 Å². The summed E-state index contributed by atoms with van der Waals surface area (Å²) in [4.78, 5) is 27.6. The number of carbonyl (C=O) groups is 2. The van der Waals surface area contributed by atoms with E-state index in [9.17, 15) is 9.59 Å². The minimum absolute atomic E-state index is 0.121. The number of ether oxygens (including phenoxy) is 1. The topological polar surface area (TPSA) is 68.3 Å². The molecule has 0 spiro atoms. The van der Waals surface area contributed by atoms with Crippen LogP contribution in [0.3, 0.4) is 0 Å². The lowest BCUT2D eigenvalue weighted by molar-refractivity contribution is -0.141. The van der Waals surface area contributed by atoms with Gasteiger partial charge in [-0.25, -0.2) is 4.98 Å². The average molecular weight is 339 g/mol. The number of methoxy groups -OCH3 is 1. The molecule has 1 amide bonds. The van der Waals surface area contributed by atoms with Crippen LogP contribution in [0.25, 0.3) is 10.6 Å². The van der Waals surface area contributed by atoms with Crippen LogP contribution < -0.4 is 5.32 Å². The Hall–Kier alpha value is -1.92. The van der Waals surface area contributed by atoms with Gasteiger partial charge in [0.25, 0.3) is 5.91 Å². The fraction of sp³-hybridized carbons (Fsp3) is 0.267. The van der Waals surface area contributed by atoms with Crippen molar-refractivity contribution in [1.29, 1.82) is 0 Å². The highest BCUT2D eigenvalue weighted by atomic mass is 35.5. The molecule has 0 bridgehead atoms. The van der Waals surface area contributed by atoms with Crippen LogP contribution in [0.2, 0.25) is 5.02 Å². The molecule has 2 aromatic rings. The van der Waals surface area contributed by atoms with Gasteiger partial charge in [-0.15, -0.1) is 11.3 Å². The summed E-state index contributed by atoms with van der Waals surface area (Å²) in [5.41, 5.74) is 1.22. The summed E-state index contributed by atoms with van der Waals surface area (Å²) in [5.74, 6) is -0.680. The number of thiazole rings is 1. The Morgan fingerprint density at radius 1 is 1.36 bits per heavy atom. The summed E-state index contributed by atoms with van der Waals surface area (Å²) in [5, 5.41) is 5.79. The molecule has 0 radical (unpaired) electrons. The smallest absolute Gasteiger partial charge is 0.307 e. The van der Waals surface area contributed by atoms with Crippen LogP contribution in [-0.4, -0.2) is 30.0 Å². The number of nitrogens with one attached hydrogen (secondary N) is 1. The Bertz CT molecular complexity index is 670. The Balaban J connectivity index is 2.03. The number of carbonyl (C=O) groups excluding carboxylic acids is 2. The monoisotopic (exact) mass is 338 g/mol. The third-order valence-electron chi connectivity index (χ3n) is 2.91. The van der Waals surface area contributed by atoms with E-state index in [1.54, 1.807) is 24.4 Å². The zero-order chi connectivity index (χ0) is 16.1. The summed E-state index contributed by atoms with van der Waals surface area (Å²) in [6.07, 6.45) is 0.121. The predicted molar refractivity (Wildman–Crippen MR) is 86.1 cm³/mol. The van der Waals surface area contributed by atoms with E-state index < -0.39 is 0 Å². The van der Waals surface area contributed by atoms with Gasteiger partial charge in [0.05, 0.1) is 13.5 Å². The molecule has 1 aromatic carbocycles. The van der Waals surface area contributed by atoms with Crippen molar-refractivity contribution in [3.63, 3.8) is 0 Å². The van der Waals surface area contributed by atoms with Gasteiger partial charge in [0.1, 0.15) is 10.7 Å². The number of nitrogens with zero attached hydrogens (tertiary/aromatic N) is 1. The van der Waals surface area contributed by atoms with Crippen molar-refractivity contribution < 1.29 is 14.3 Å². The molecule has 5 nitrogen and oxygen atoms in total. The zero-order valence-electron chi connectivity index (χ0n) is 12.1. The summed E-state index contributed by atoms with van der Waals surface area (Å²) < 4.78 is 4.57. The van der Waals surface area contributed by atoms with E-state index in [-0.39, 0.29) is 24.3 Å². The van der Waals surface area contributed by atoms with E-state index >= 15 is 0 Å². The minimum atomic E-state index is -0.368. The number of amides is 1. The Labute approximate surface area is 137 Å². The highest BCUT2D eigenvalue weighted by Crippen LogP contribution is 2.25. The van der Waals surface area contributed by atoms with Gasteiger partial charge >= 0.3 is 5.97 Å². The van der Waals surface area contributed by atoms with Gasteiger partial charge in [-0.3, -0.25) is 9.59 Å². The molecule has 116 valence electrons. The fourth-order valence-corrected chi connectivity index (χ4v) is 2.72. The molecule has 1 heterocycles. The SMILES string of the molecule is COC(=O)CC(C)NC(=O)c1csc(-c2ccc(Cl)cc2)n1. The molecule has 1 unspecified atom stereocenters. The predicted octanol–water partition coefficient (Wildman–Crippen LogP) is 3.14. The van der Waals surface area contributed by atoms with Crippen molar-refractivity contribution in [2.75, 3.05) is 7.11 Å². The maximum Gasteiger partial charge on any atom is 0.307 e. The number of halogens is 1. The third kappa shape index (κ3) is 4.29. The Morgan fingerprint density at radius 2 is 2.05 bits per heavy atom. The molecule has 0 saturated heterocycles. The number of hydrogen-bond donors (Lipinski definition) is 1. The van der Waals surface area contributed by atoms with Gasteiger partial charge < -0.3 is 10.1 Å². The van der Waals surface area contributed by atoms with Crippen LogP contribution in [0.4, 0.5) is 0 Å². The fourth-order valence-electron chi connectivity index (χ4n) is 1.79. The van der Waals surface area contributed by atoms with Crippen LogP contribution in [0, 0.1) is 0 Å². The highest BCUT2D eigenvalue weighted by Gasteiger charge is 2.16. The first-order valence-corrected chi connectivity index (χ1v) is 7.84. The number of benzene rings is 1. The number of rotatable bonds is 5. The largest absolute Gasteiger partial charge is 0.469 e. The lowest BCUT2D eigenvalue weighted by atomic mass is 10.2. The van der Waals surface area contributed by atoms with Gasteiger partial charge in [0, 0.05) is 22.0 Å². The molecule has 2 rings (SSSR count). The lowest BCUT2D eigenvalue weighted by Gasteiger charge is -2.11. The quantitative estimate of drug-likeness (QED) is 0.850. The molecule has 0 aliphatic rings. The Morgan fingerprint density at radius 3 is 2.68 bits per heavy atom. The van der Waals surface area contributed by atoms with Crippen molar-refractivity contribution in [3.05, 3.63) is 40.4 Å². The molecule has 0 aliphatic carbocycles. The third-order valence-corrected chi connectivity index (χ3v) is 4.05. The van der Waals surface area contributed by atoms with Crippen molar-refractivity contribution in [3.8, 4) is 10.6 Å². The number of esters is 1. The van der Waals surface area contributed by atoms with Crippen molar-refractivity contribution >= 4 is 34.8 Å². The van der Waals surface area contributed by atoms with Crippen LogP contribution >= 0.6 is 22.9 Å². The first-order valence-electron chi connectivity index (χ1n) is 6.58. The molecule has 1 N–H and O–H groups in total. The van der Waals surface area contributed by atoms with Crippen LogP contribution in [0.5, 0.6) is 0 Å². The highest BCUT2D eigenvalue weighted by molar-refractivity contribution is 7.13. The molecule has 22 heavy (non-hydrogen) atoms. The number of hydrogen-bond acceptors (Lipinski definition) is 5. The molecule has 0 fully saturated rings. The molecule has 0 saturated carbocycles. The summed E-state index contributed by atoms with van der Waals surface area (Å²) in [6.45, 7) is 1.74.